The van der Waals surface area contributed by atoms with E-state index in [4.69, 9.17) is 35.4 Å². The van der Waals surface area contributed by atoms with E-state index >= 15 is 0 Å². The van der Waals surface area contributed by atoms with Crippen molar-refractivity contribution < 1.29 is 9.59 Å². The molecule has 0 aliphatic heterocycles. The summed E-state index contributed by atoms with van der Waals surface area (Å²) in [5, 5.41) is 9.00. The van der Waals surface area contributed by atoms with E-state index in [1.165, 1.54) is 0 Å². The van der Waals surface area contributed by atoms with Crippen LogP contribution in [0.15, 0.2) is 36.4 Å². The topological polar surface area (TPSA) is 70.2 Å². The van der Waals surface area contributed by atoms with Crippen LogP contribution < -0.4 is 16.0 Å². The number of hydrogen-bond donors (Lipinski definition) is 3. The molecular formula is C18H16Cl2IN3O2S. The minimum atomic E-state index is -0.431. The lowest BCUT2D eigenvalue weighted by Crippen LogP contribution is -2.34. The number of carbonyl (C=O) groups excluding carboxylic acids is 2. The molecule has 9 heteroatoms. The Labute approximate surface area is 186 Å². The fourth-order valence-electron chi connectivity index (χ4n) is 2.14. The van der Waals surface area contributed by atoms with Gasteiger partial charge in [0.1, 0.15) is 0 Å². The number of benzene rings is 2. The minimum absolute atomic E-state index is 0.0638. The van der Waals surface area contributed by atoms with Crippen LogP contribution in [0.25, 0.3) is 0 Å². The summed E-state index contributed by atoms with van der Waals surface area (Å²) < 4.78 is 0.875. The predicted molar refractivity (Wildman–Crippen MR) is 123 cm³/mol. The van der Waals surface area contributed by atoms with Gasteiger partial charge in [-0.25, -0.2) is 0 Å². The van der Waals surface area contributed by atoms with Crippen LogP contribution in [0, 0.1) is 3.57 Å². The van der Waals surface area contributed by atoms with Crippen LogP contribution in [0.4, 0.5) is 11.4 Å². The van der Waals surface area contributed by atoms with Gasteiger partial charge in [-0.1, -0.05) is 30.1 Å². The van der Waals surface area contributed by atoms with Gasteiger partial charge < -0.3 is 10.6 Å². The number of carbonyl (C=O) groups is 2. The number of nitrogens with one attached hydrogen (secondary N) is 3. The predicted octanol–water partition coefficient (Wildman–Crippen LogP) is 5.46. The molecule has 0 unspecified atom stereocenters. The fraction of sp³-hybridized carbons (Fsp3) is 0.167. The molecule has 0 aromatic heterocycles. The van der Waals surface area contributed by atoms with Gasteiger partial charge in [0.05, 0.1) is 21.3 Å². The molecule has 0 aliphatic rings. The first-order valence-corrected chi connectivity index (χ1v) is 10.2. The summed E-state index contributed by atoms with van der Waals surface area (Å²) in [6.07, 6.45) is 1.18. The van der Waals surface area contributed by atoms with E-state index in [0.717, 1.165) is 9.99 Å². The molecule has 0 fully saturated rings. The van der Waals surface area contributed by atoms with Gasteiger partial charge in [0.15, 0.2) is 5.11 Å². The summed E-state index contributed by atoms with van der Waals surface area (Å²) >= 11 is 19.5. The number of thiocarbonyl (C=S) groups is 1. The number of amides is 2. The Hall–Kier alpha value is -1.42. The van der Waals surface area contributed by atoms with E-state index in [1.807, 2.05) is 6.92 Å². The third-order valence-electron chi connectivity index (χ3n) is 3.38. The molecule has 3 N–H and O–H groups in total. The second kappa shape index (κ2) is 10.2. The SMILES string of the molecule is CCCC(=O)Nc1ccc(Cl)c(NC(=S)NC(=O)c2cc(I)ccc2Cl)c1. The van der Waals surface area contributed by atoms with Gasteiger partial charge in [0.2, 0.25) is 5.91 Å². The van der Waals surface area contributed by atoms with Crippen molar-refractivity contribution in [1.82, 2.24) is 5.32 Å². The Morgan fingerprint density at radius 1 is 1.07 bits per heavy atom. The second-order valence-corrected chi connectivity index (χ2v) is 7.99. The van der Waals surface area contributed by atoms with Gasteiger partial charge in [-0.05, 0) is 77.6 Å². The highest BCUT2D eigenvalue weighted by Gasteiger charge is 2.13. The van der Waals surface area contributed by atoms with E-state index in [9.17, 15) is 9.59 Å². The first kappa shape index (κ1) is 21.9. The second-order valence-electron chi connectivity index (χ2n) is 5.53. The molecule has 0 aliphatic carbocycles. The smallest absolute Gasteiger partial charge is 0.258 e. The highest BCUT2D eigenvalue weighted by molar-refractivity contribution is 14.1. The molecule has 0 atom stereocenters. The highest BCUT2D eigenvalue weighted by Crippen LogP contribution is 2.26. The van der Waals surface area contributed by atoms with Crippen molar-refractivity contribution in [3.63, 3.8) is 0 Å². The van der Waals surface area contributed by atoms with Crippen molar-refractivity contribution in [3.05, 3.63) is 55.6 Å². The normalized spacial score (nSPS) is 10.2. The van der Waals surface area contributed by atoms with E-state index in [2.05, 4.69) is 38.5 Å². The molecule has 2 amide bonds. The zero-order valence-electron chi connectivity index (χ0n) is 14.2. The van der Waals surface area contributed by atoms with Crippen LogP contribution in [-0.4, -0.2) is 16.9 Å². The van der Waals surface area contributed by atoms with Crippen molar-refractivity contribution in [2.75, 3.05) is 10.6 Å². The van der Waals surface area contributed by atoms with Crippen LogP contribution in [0.3, 0.4) is 0 Å². The lowest BCUT2D eigenvalue weighted by Gasteiger charge is -2.13. The Balaban J connectivity index is 2.07. The monoisotopic (exact) mass is 535 g/mol. The van der Waals surface area contributed by atoms with Crippen molar-refractivity contribution in [2.24, 2.45) is 0 Å². The van der Waals surface area contributed by atoms with Gasteiger partial charge in [-0.2, -0.15) is 0 Å². The first-order chi connectivity index (χ1) is 12.8. The minimum Gasteiger partial charge on any atom is -0.331 e. The van der Waals surface area contributed by atoms with Gasteiger partial charge >= 0.3 is 0 Å². The molecule has 2 aromatic rings. The van der Waals surface area contributed by atoms with Gasteiger partial charge in [0.25, 0.3) is 5.91 Å². The average Bonchev–Trinajstić information content (AvgIpc) is 2.60. The largest absolute Gasteiger partial charge is 0.331 e. The zero-order chi connectivity index (χ0) is 20.0. The first-order valence-electron chi connectivity index (χ1n) is 7.97. The Morgan fingerprint density at radius 3 is 2.48 bits per heavy atom. The standard InChI is InChI=1S/C18H16Cl2IN3O2S/c1-2-3-16(25)22-11-5-7-14(20)15(9-11)23-18(27)24-17(26)12-8-10(21)4-6-13(12)19/h4-9H,2-3H2,1H3,(H,22,25)(H2,23,24,26,27). The van der Waals surface area contributed by atoms with Crippen LogP contribution >= 0.6 is 58.0 Å². The molecule has 0 radical (unpaired) electrons. The van der Waals surface area contributed by atoms with Crippen LogP contribution in [0.1, 0.15) is 30.1 Å². The zero-order valence-corrected chi connectivity index (χ0v) is 18.7. The van der Waals surface area contributed by atoms with Crippen LogP contribution in [0.2, 0.25) is 10.0 Å². The number of hydrogen-bond acceptors (Lipinski definition) is 3. The van der Waals surface area contributed by atoms with Crippen molar-refractivity contribution in [2.45, 2.75) is 19.8 Å². The average molecular weight is 536 g/mol. The van der Waals surface area contributed by atoms with E-state index < -0.39 is 5.91 Å². The number of rotatable bonds is 5. The van der Waals surface area contributed by atoms with Gasteiger partial charge in [-0.15, -0.1) is 0 Å². The maximum absolute atomic E-state index is 12.4. The van der Waals surface area contributed by atoms with E-state index in [-0.39, 0.29) is 11.0 Å². The molecule has 2 rings (SSSR count). The van der Waals surface area contributed by atoms with Crippen molar-refractivity contribution in [3.8, 4) is 0 Å². The van der Waals surface area contributed by atoms with Gasteiger partial charge in [-0.3, -0.25) is 14.9 Å². The Kier molecular flexibility index (Phi) is 8.28. The molecule has 5 nitrogen and oxygen atoms in total. The summed E-state index contributed by atoms with van der Waals surface area (Å²) in [4.78, 5) is 24.1. The quantitative estimate of drug-likeness (QED) is 0.351. The number of anilines is 2. The lowest BCUT2D eigenvalue weighted by atomic mass is 10.2. The molecule has 142 valence electrons. The maximum Gasteiger partial charge on any atom is 0.258 e. The fourth-order valence-corrected chi connectivity index (χ4v) is 3.21. The summed E-state index contributed by atoms with van der Waals surface area (Å²) in [6, 6.07) is 10.1. The van der Waals surface area contributed by atoms with Crippen LogP contribution in [0.5, 0.6) is 0 Å². The molecule has 0 saturated carbocycles. The maximum atomic E-state index is 12.4. The highest BCUT2D eigenvalue weighted by atomic mass is 127. The lowest BCUT2D eigenvalue weighted by molar-refractivity contribution is -0.116. The van der Waals surface area contributed by atoms with Gasteiger partial charge in [0, 0.05) is 15.7 Å². The number of halogens is 3. The Morgan fingerprint density at radius 2 is 1.78 bits per heavy atom. The summed E-state index contributed by atoms with van der Waals surface area (Å²) in [7, 11) is 0. The molecule has 0 spiro atoms. The molecule has 2 aromatic carbocycles. The van der Waals surface area contributed by atoms with Crippen molar-refractivity contribution >= 4 is 86.3 Å². The van der Waals surface area contributed by atoms with Crippen molar-refractivity contribution in [1.29, 1.82) is 0 Å². The summed E-state index contributed by atoms with van der Waals surface area (Å²) in [5.74, 6) is -0.519. The Bertz CT molecular complexity index is 893. The third-order valence-corrected chi connectivity index (χ3v) is 4.91. The van der Waals surface area contributed by atoms with E-state index in [0.29, 0.717) is 33.4 Å². The molecule has 0 heterocycles. The molecule has 27 heavy (non-hydrogen) atoms. The molecule has 0 bridgehead atoms. The van der Waals surface area contributed by atoms with Crippen LogP contribution in [-0.2, 0) is 4.79 Å². The molecular weight excluding hydrogens is 520 g/mol. The molecule has 0 saturated heterocycles. The summed E-state index contributed by atoms with van der Waals surface area (Å²) in [5.41, 5.74) is 1.36. The summed E-state index contributed by atoms with van der Waals surface area (Å²) in [6.45, 7) is 1.93. The van der Waals surface area contributed by atoms with E-state index in [1.54, 1.807) is 36.4 Å². The third kappa shape index (κ3) is 6.60.